The Morgan fingerprint density at radius 1 is 1.19 bits per heavy atom. The van der Waals surface area contributed by atoms with Crippen LogP contribution in [0.4, 0.5) is 0 Å². The molecule has 0 aromatic carbocycles. The van der Waals surface area contributed by atoms with Crippen LogP contribution in [0.3, 0.4) is 0 Å². The Morgan fingerprint density at radius 3 is 2.33 bits per heavy atom. The van der Waals surface area contributed by atoms with Crippen LogP contribution in [0.25, 0.3) is 0 Å². The van der Waals surface area contributed by atoms with Crippen molar-refractivity contribution in [3.8, 4) is 0 Å². The summed E-state index contributed by atoms with van der Waals surface area (Å²) in [5, 5.41) is 0. The number of allylic oxidation sites excluding steroid dienone is 2. The van der Waals surface area contributed by atoms with E-state index in [2.05, 4.69) is 0 Å². The van der Waals surface area contributed by atoms with Gasteiger partial charge in [-0.3, -0.25) is 9.46 Å². The first kappa shape index (κ1) is 26.7. The molecule has 0 aliphatic carbocycles. The zero-order chi connectivity index (χ0) is 21.1. The van der Waals surface area contributed by atoms with Crippen LogP contribution in [0.5, 0.6) is 0 Å². The minimum Gasteiger partial charge on any atom is -0.319 e. The van der Waals surface area contributed by atoms with Crippen LogP contribution in [-0.2, 0) is 31.1 Å². The van der Waals surface area contributed by atoms with Gasteiger partial charge < -0.3 is 4.52 Å². The van der Waals surface area contributed by atoms with Gasteiger partial charge in [-0.1, -0.05) is 45.8 Å². The summed E-state index contributed by atoms with van der Waals surface area (Å²) >= 11 is 5.72. The molecule has 0 heterocycles. The summed E-state index contributed by atoms with van der Waals surface area (Å²) in [6.07, 6.45) is 8.53. The van der Waals surface area contributed by atoms with Crippen molar-refractivity contribution in [1.29, 1.82) is 0 Å². The maximum atomic E-state index is 12.8. The number of carbonyl (C=O) groups excluding carboxylic acids is 1. The van der Waals surface area contributed by atoms with E-state index in [9.17, 15) is 13.2 Å². The van der Waals surface area contributed by atoms with Crippen LogP contribution in [-0.4, -0.2) is 49.0 Å². The van der Waals surface area contributed by atoms with Gasteiger partial charge in [0, 0.05) is 20.5 Å². The summed E-state index contributed by atoms with van der Waals surface area (Å²) in [7, 11) is -0.594. The van der Waals surface area contributed by atoms with Gasteiger partial charge >= 0.3 is 0 Å². The predicted molar refractivity (Wildman–Crippen MR) is 118 cm³/mol. The molecule has 6 nitrogen and oxygen atoms in total. The SMILES string of the molecule is CCC=CCCC(=O)N(C)P(=S)(OC(C)CC)N(C)S(=O)(=O)CCCCC. The Balaban J connectivity index is 5.53. The number of sulfonamides is 1. The van der Waals surface area contributed by atoms with E-state index < -0.39 is 16.6 Å². The third-order valence-electron chi connectivity index (χ3n) is 4.32. The molecule has 0 rings (SSSR count). The maximum absolute atomic E-state index is 12.8. The lowest BCUT2D eigenvalue weighted by Crippen LogP contribution is -2.37. The third-order valence-corrected chi connectivity index (χ3v) is 11.7. The van der Waals surface area contributed by atoms with Crippen LogP contribution in [0.1, 0.15) is 72.6 Å². The van der Waals surface area contributed by atoms with Crippen molar-refractivity contribution < 1.29 is 17.7 Å². The number of carbonyl (C=O) groups is 1. The zero-order valence-electron chi connectivity index (χ0n) is 17.7. The van der Waals surface area contributed by atoms with Gasteiger partial charge in [-0.05, 0) is 44.4 Å². The van der Waals surface area contributed by atoms with Gasteiger partial charge in [0.2, 0.25) is 22.5 Å². The molecule has 0 aromatic heterocycles. The lowest BCUT2D eigenvalue weighted by atomic mass is 10.2. The molecule has 0 aliphatic rings. The van der Waals surface area contributed by atoms with Crippen molar-refractivity contribution in [2.24, 2.45) is 0 Å². The van der Waals surface area contributed by atoms with Crippen LogP contribution >= 0.6 is 6.57 Å². The Morgan fingerprint density at radius 2 is 1.81 bits per heavy atom. The highest BCUT2D eigenvalue weighted by molar-refractivity contribution is 8.14. The summed E-state index contributed by atoms with van der Waals surface area (Å²) < 4.78 is 34.1. The monoisotopic (exact) mass is 440 g/mol. The van der Waals surface area contributed by atoms with Gasteiger partial charge in [0.25, 0.3) is 0 Å². The zero-order valence-corrected chi connectivity index (χ0v) is 20.2. The van der Waals surface area contributed by atoms with Crippen molar-refractivity contribution >= 4 is 34.3 Å². The highest BCUT2D eigenvalue weighted by Crippen LogP contribution is 2.56. The van der Waals surface area contributed by atoms with E-state index in [4.69, 9.17) is 16.3 Å². The Hall–Kier alpha value is -0.270. The number of hydrogen-bond acceptors (Lipinski definition) is 5. The van der Waals surface area contributed by atoms with Gasteiger partial charge in [0.05, 0.1) is 11.9 Å². The fourth-order valence-corrected chi connectivity index (χ4v) is 8.31. The molecule has 27 heavy (non-hydrogen) atoms. The van der Waals surface area contributed by atoms with Crippen molar-refractivity contribution in [3.63, 3.8) is 0 Å². The third kappa shape index (κ3) is 8.73. The summed E-state index contributed by atoms with van der Waals surface area (Å²) in [6.45, 7) is 4.62. The molecule has 2 unspecified atom stereocenters. The van der Waals surface area contributed by atoms with Gasteiger partial charge in [0.15, 0.2) is 0 Å². The highest BCUT2D eigenvalue weighted by Gasteiger charge is 2.39. The fourth-order valence-electron chi connectivity index (χ4n) is 2.25. The van der Waals surface area contributed by atoms with Crippen molar-refractivity contribution in [2.45, 2.75) is 78.7 Å². The summed E-state index contributed by atoms with van der Waals surface area (Å²) in [6, 6.07) is 0. The number of unbranched alkanes of at least 4 members (excludes halogenated alkanes) is 2. The number of rotatable bonds is 14. The van der Waals surface area contributed by atoms with E-state index >= 15 is 0 Å². The first-order chi connectivity index (χ1) is 12.6. The molecule has 160 valence electrons. The molecule has 0 N–H and O–H groups in total. The summed E-state index contributed by atoms with van der Waals surface area (Å²) in [5.41, 5.74) is 0. The van der Waals surface area contributed by atoms with Gasteiger partial charge in [-0.15, -0.1) is 4.08 Å². The molecule has 0 aliphatic heterocycles. The van der Waals surface area contributed by atoms with E-state index in [1.54, 1.807) is 7.05 Å². The fraction of sp³-hybridized carbons (Fsp3) is 0.833. The number of hydrogen-bond donors (Lipinski definition) is 0. The summed E-state index contributed by atoms with van der Waals surface area (Å²) in [5.74, 6) is -0.182. The molecule has 2 atom stereocenters. The minimum absolute atomic E-state index is 0.0147. The predicted octanol–water partition coefficient (Wildman–Crippen LogP) is 4.68. The molecular weight excluding hydrogens is 403 g/mol. The van der Waals surface area contributed by atoms with Crippen LogP contribution in [0.15, 0.2) is 12.2 Å². The van der Waals surface area contributed by atoms with E-state index in [0.717, 1.165) is 23.3 Å². The lowest BCUT2D eigenvalue weighted by Gasteiger charge is -2.38. The average Bonchev–Trinajstić information content (AvgIpc) is 2.63. The minimum atomic E-state index is -3.61. The van der Waals surface area contributed by atoms with Crippen LogP contribution in [0.2, 0.25) is 0 Å². The van der Waals surface area contributed by atoms with Crippen molar-refractivity contribution in [3.05, 3.63) is 12.2 Å². The number of amides is 1. The van der Waals surface area contributed by atoms with Crippen LogP contribution in [0, 0.1) is 0 Å². The number of nitrogens with zero attached hydrogens (tertiary/aromatic N) is 2. The molecular formula is C18H37N2O4PS2. The van der Waals surface area contributed by atoms with Gasteiger partial charge in [-0.25, -0.2) is 8.42 Å². The van der Waals surface area contributed by atoms with Gasteiger partial charge in [-0.2, -0.15) is 0 Å². The van der Waals surface area contributed by atoms with E-state index in [-0.39, 0.29) is 24.2 Å². The quantitative estimate of drug-likeness (QED) is 0.223. The maximum Gasteiger partial charge on any atom is 0.244 e. The standard InChI is InChI=1S/C18H37N2O4PS2/c1-7-10-12-13-15-18(21)19(5)25(26,24-17(4)9-3)20(6)27(22,23)16-14-11-8-2/h10,12,17H,7-9,11,13-16H2,1-6H3. The molecule has 0 saturated carbocycles. The smallest absolute Gasteiger partial charge is 0.244 e. The van der Waals surface area contributed by atoms with Crippen molar-refractivity contribution in [1.82, 2.24) is 8.75 Å². The molecule has 0 saturated heterocycles. The van der Waals surface area contributed by atoms with E-state index in [1.807, 2.05) is 39.8 Å². The Labute approximate surface area is 171 Å². The normalized spacial score (nSPS) is 15.8. The molecule has 0 aromatic rings. The van der Waals surface area contributed by atoms with E-state index in [0.29, 0.717) is 19.3 Å². The second-order valence-corrected chi connectivity index (χ2v) is 12.8. The van der Waals surface area contributed by atoms with E-state index in [1.165, 1.54) is 11.7 Å². The first-order valence-corrected chi connectivity index (χ1v) is 14.0. The Kier molecular flexibility index (Phi) is 12.9. The Bertz CT molecular complexity index is 623. The summed E-state index contributed by atoms with van der Waals surface area (Å²) in [4.78, 5) is 12.7. The molecule has 1 amide bonds. The molecule has 0 radical (unpaired) electrons. The second-order valence-electron chi connectivity index (χ2n) is 6.61. The molecule has 0 spiro atoms. The van der Waals surface area contributed by atoms with Crippen molar-refractivity contribution in [2.75, 3.05) is 19.8 Å². The highest BCUT2D eigenvalue weighted by atomic mass is 32.5. The lowest BCUT2D eigenvalue weighted by molar-refractivity contribution is -0.126. The van der Waals surface area contributed by atoms with Gasteiger partial charge in [0.1, 0.15) is 0 Å². The molecule has 9 heteroatoms. The first-order valence-electron chi connectivity index (χ1n) is 9.74. The van der Waals surface area contributed by atoms with Crippen LogP contribution < -0.4 is 0 Å². The average molecular weight is 441 g/mol. The topological polar surface area (TPSA) is 66.9 Å². The molecule has 0 bridgehead atoms. The second kappa shape index (κ2) is 13.0. The largest absolute Gasteiger partial charge is 0.319 e. The molecule has 0 fully saturated rings.